The van der Waals surface area contributed by atoms with Gasteiger partial charge in [-0.15, -0.1) is 0 Å². The number of benzene rings is 7. The summed E-state index contributed by atoms with van der Waals surface area (Å²) < 4.78 is 67.6. The third-order valence-corrected chi connectivity index (χ3v) is 26.1. The summed E-state index contributed by atoms with van der Waals surface area (Å²) in [5.74, 6) is -3.70. The van der Waals surface area contributed by atoms with E-state index < -0.39 is 53.2 Å². The van der Waals surface area contributed by atoms with Gasteiger partial charge >= 0.3 is 47.8 Å². The van der Waals surface area contributed by atoms with E-state index in [4.69, 9.17) is 37.0 Å². The summed E-state index contributed by atoms with van der Waals surface area (Å²) in [5.41, 5.74) is 47.6. The second-order valence-electron chi connectivity index (χ2n) is 43.3. The number of ketones is 1. The van der Waals surface area contributed by atoms with Crippen LogP contribution in [0.3, 0.4) is 0 Å². The number of aliphatic hydroxyl groups is 2. The maximum absolute atomic E-state index is 13.9. The SMILES string of the molecule is Cc1cc(C(C)(C)C)cc(C2(N)CCCCC2)c1.Cc1cc(C(C)(C)C)cc(C2(N=[N+]=[N-])CCCCC2)c1.Cc1cc(C(C)(C)C)cc(C2(NC[C@@H](O)[C@H](Cc3cc(F)cc(F)c3)NC(=O)OC(C)(C)C)CCCCC2)c1.Cc1cc(C(C)(C)C)cc(C2(O)CCCCC2)c1.Cc1cc(I)cc(C(C)(C)C)c1.Cc1cccc(I)c1.O=C(O)C(F)(F)F.O=C1CCCCC1.[N-]=[N+]=[N-].[Na+]. The number of alkyl halides is 3. The van der Waals surface area contributed by atoms with Crippen LogP contribution in [0.1, 0.15) is 374 Å². The van der Waals surface area contributed by atoms with Crippen LogP contribution in [-0.4, -0.2) is 63.6 Å². The van der Waals surface area contributed by atoms with Gasteiger partial charge in [0.05, 0.1) is 23.3 Å². The predicted molar refractivity (Wildman–Crippen MR) is 550 cm³/mol. The van der Waals surface area contributed by atoms with Crippen LogP contribution >= 0.6 is 45.2 Å². The Kier molecular flexibility index (Phi) is 49.2. The zero-order valence-electron chi connectivity index (χ0n) is 84.8. The van der Waals surface area contributed by atoms with Crippen molar-refractivity contribution in [3.8, 4) is 0 Å². The van der Waals surface area contributed by atoms with Gasteiger partial charge in [-0.05, 0) is 308 Å². The molecular weight excluding hydrogens is 1920 g/mol. The van der Waals surface area contributed by atoms with Crippen LogP contribution in [0.4, 0.5) is 26.7 Å². The molecule has 16 nitrogen and oxygen atoms in total. The normalized spacial score (nSPS) is 16.7. The van der Waals surface area contributed by atoms with Crippen molar-refractivity contribution in [3.05, 3.63) is 268 Å². The molecule has 12 rings (SSSR count). The number of carboxylic acid groups (broad SMARTS) is 1. The van der Waals surface area contributed by atoms with Crippen LogP contribution in [0.15, 0.2) is 139 Å². The second kappa shape index (κ2) is 54.2. The van der Waals surface area contributed by atoms with Gasteiger partial charge < -0.3 is 47.5 Å². The molecule has 133 heavy (non-hydrogen) atoms. The zero-order valence-corrected chi connectivity index (χ0v) is 91.1. The average molecular weight is 2080 g/mol. The largest absolute Gasteiger partial charge is 1.00 e. The molecule has 0 heterocycles. The molecule has 0 spiro atoms. The summed E-state index contributed by atoms with van der Waals surface area (Å²) in [6, 6.07) is 44.6. The number of hydrogen-bond donors (Lipinski definition) is 6. The third kappa shape index (κ3) is 43.2. The fraction of sp³-hybridized carbons (Fsp3) is 0.587. The molecule has 5 fully saturated rings. The van der Waals surface area contributed by atoms with Gasteiger partial charge in [-0.3, -0.25) is 9.71 Å². The molecule has 2 atom stereocenters. The van der Waals surface area contributed by atoms with Crippen LogP contribution in [-0.2, 0) is 70.0 Å². The van der Waals surface area contributed by atoms with E-state index in [9.17, 15) is 41.8 Å². The minimum atomic E-state index is -5.08. The van der Waals surface area contributed by atoms with E-state index in [1.807, 2.05) is 0 Å². The molecule has 1 amide bonds. The number of alkyl carbamates (subject to hydrolysis) is 1. The number of hydrogen-bond acceptors (Lipinski definition) is 9. The fourth-order valence-corrected chi connectivity index (χ4v) is 18.7. The van der Waals surface area contributed by atoms with Gasteiger partial charge in [0.25, 0.3) is 0 Å². The van der Waals surface area contributed by atoms with Gasteiger partial charge in [0.2, 0.25) is 0 Å². The second-order valence-corrected chi connectivity index (χ2v) is 45.8. The van der Waals surface area contributed by atoms with E-state index in [2.05, 4.69) is 327 Å². The topological polar surface area (TPSA) is 279 Å². The first-order chi connectivity index (χ1) is 61.0. The summed E-state index contributed by atoms with van der Waals surface area (Å²) in [4.78, 5) is 36.7. The summed E-state index contributed by atoms with van der Waals surface area (Å²) >= 11 is 4.68. The zero-order chi connectivity index (χ0) is 99.8. The number of Topliss-reactive ketones (excluding diaryl/α,β-unsaturated/α-hetero) is 1. The summed E-state index contributed by atoms with van der Waals surface area (Å²) in [7, 11) is 0. The Hall–Kier alpha value is -6.48. The van der Waals surface area contributed by atoms with Gasteiger partial charge in [0.1, 0.15) is 23.0 Å². The number of halogens is 7. The van der Waals surface area contributed by atoms with Gasteiger partial charge in [0.15, 0.2) is 0 Å². The van der Waals surface area contributed by atoms with Crippen LogP contribution < -0.4 is 45.9 Å². The molecule has 7 N–H and O–H groups in total. The number of aliphatic hydroxyl groups excluding tert-OH is 1. The average Bonchev–Trinajstić information content (AvgIpc) is 0.779. The Bertz CT molecular complexity index is 4760. The molecule has 7 aromatic rings. The Morgan fingerprint density at radius 3 is 1.21 bits per heavy atom. The predicted octanol–water partition coefficient (Wildman–Crippen LogP) is 28.0. The van der Waals surface area contributed by atoms with Crippen molar-refractivity contribution in [2.24, 2.45) is 10.8 Å². The molecular formula is C109H157F5I2N9NaO7. The van der Waals surface area contributed by atoms with Crippen LogP contribution in [0.25, 0.3) is 26.4 Å². The molecule has 5 aliphatic carbocycles. The van der Waals surface area contributed by atoms with Gasteiger partial charge in [-0.2, -0.15) is 13.2 Å². The van der Waals surface area contributed by atoms with E-state index in [-0.39, 0.29) is 86.2 Å². The Labute approximate surface area is 843 Å². The van der Waals surface area contributed by atoms with Crippen molar-refractivity contribution in [2.45, 2.75) is 406 Å². The molecule has 5 aliphatic rings. The minimum absolute atomic E-state index is 0. The van der Waals surface area contributed by atoms with Gasteiger partial charge in [-0.25, -0.2) is 18.4 Å². The van der Waals surface area contributed by atoms with E-state index >= 15 is 0 Å². The molecule has 0 aliphatic heterocycles. The van der Waals surface area contributed by atoms with Crippen molar-refractivity contribution >= 4 is 63.0 Å². The first-order valence-electron chi connectivity index (χ1n) is 47.3. The molecule has 0 aromatic heterocycles. The Morgan fingerprint density at radius 2 is 0.835 bits per heavy atom. The number of carbonyl (C=O) groups excluding carboxylic acids is 2. The summed E-state index contributed by atoms with van der Waals surface area (Å²) in [6.45, 7) is 51.8. The molecule has 5 saturated carbocycles. The van der Waals surface area contributed by atoms with Crippen LogP contribution in [0, 0.1) is 60.3 Å². The molecule has 0 unspecified atom stereocenters. The number of aliphatic carboxylic acids is 1. The monoisotopic (exact) mass is 2080 g/mol. The van der Waals surface area contributed by atoms with Crippen molar-refractivity contribution in [3.63, 3.8) is 0 Å². The molecule has 730 valence electrons. The Morgan fingerprint density at radius 1 is 0.481 bits per heavy atom. The smallest absolute Gasteiger partial charge is 0.475 e. The third-order valence-electron chi connectivity index (χ3n) is 24.8. The number of rotatable bonds is 12. The number of aryl methyl sites for hydroxylation is 6. The van der Waals surface area contributed by atoms with Crippen LogP contribution in [0.2, 0.25) is 0 Å². The van der Waals surface area contributed by atoms with Gasteiger partial charge in [0, 0.05) is 48.6 Å². The molecule has 7 aromatic carbocycles. The number of azide groups is 1. The standard InChI is InChI=1S/C32H46F2N2O3.C17H25N3.C17H27N.C17H26O.C11H15I.C7H7I.C6H10O.C2HF3O2.N3.Na/c1-21-13-23(30(2,3)4)18-24(14-21)32(11-9-8-10-12-32)35-20-28(37)27(36-29(38)39-31(5,6)7)17-22-15-25(33)19-26(34)16-22;1-13-10-14(16(2,3)4)12-15(11-13)17(19-20-18)8-6-5-7-9-17;2*1-13-10-14(16(2,3)4)12-15(11-13)17(18)8-6-5-7-9-17;1-8-5-9(11(2,3)4)7-10(12)6-8;1-6-3-2-4-7(8)5-6;7-6-4-2-1-3-5-6;3-2(4,5)1(6)7;1-3-2;/h13-16,18-19,27-28,35,37H,8-12,17,20H2,1-7H3,(H,36,38);10-12H,5-9H2,1-4H3;10-12H,5-9,18H2,1-4H3;10-12,18H,5-9H2,1-4H3;5-7H,1-4H3;2-5H,1H3;1-5H2;(H,6,7);;/q;;;;;;;;-1;+1/t27-,28+;;;;;;;;;/m0........./s1. The van der Waals surface area contributed by atoms with E-state index in [1.165, 1.54) is 141 Å². The van der Waals surface area contributed by atoms with Gasteiger partial charge in [-0.1, -0.05) is 311 Å². The number of carbonyl (C=O) groups is 3. The number of nitrogens with zero attached hydrogens (tertiary/aromatic N) is 6. The summed E-state index contributed by atoms with van der Waals surface area (Å²) in [5, 5.41) is 40.0. The van der Waals surface area contributed by atoms with E-state index in [1.54, 1.807) is 20.8 Å². The Balaban J connectivity index is 0.000000417. The van der Waals surface area contributed by atoms with E-state index in [0.29, 0.717) is 11.3 Å². The minimum Gasteiger partial charge on any atom is -0.475 e. The van der Waals surface area contributed by atoms with Crippen molar-refractivity contribution < 1.29 is 85.9 Å². The first kappa shape index (κ1) is 121. The molecule has 24 heteroatoms. The molecule has 0 bridgehead atoms. The molecule has 0 radical (unpaired) electrons. The molecule has 0 saturated heterocycles. The number of ether oxygens (including phenoxy) is 1. The number of nitrogens with two attached hydrogens (primary N) is 1. The maximum atomic E-state index is 13.9. The number of amides is 1. The quantitative estimate of drug-likeness (QED) is 0.0169. The van der Waals surface area contributed by atoms with E-state index in [0.717, 1.165) is 134 Å². The number of carboxylic acids is 1. The van der Waals surface area contributed by atoms with Crippen molar-refractivity contribution in [1.82, 2.24) is 10.6 Å². The van der Waals surface area contributed by atoms with Crippen molar-refractivity contribution in [1.29, 1.82) is 0 Å². The maximum Gasteiger partial charge on any atom is 1.00 e. The summed E-state index contributed by atoms with van der Waals surface area (Å²) in [6.07, 6.45) is 20.7. The van der Waals surface area contributed by atoms with Crippen molar-refractivity contribution in [2.75, 3.05) is 6.54 Å². The number of nitrogens with one attached hydrogen (secondary N) is 2. The first-order valence-corrected chi connectivity index (χ1v) is 49.4. The van der Waals surface area contributed by atoms with Crippen LogP contribution in [0.5, 0.6) is 0 Å². The fourth-order valence-electron chi connectivity index (χ4n) is 17.1.